The van der Waals surface area contributed by atoms with Gasteiger partial charge in [0, 0.05) is 19.2 Å². The molecule has 0 unspecified atom stereocenters. The molecule has 0 spiro atoms. The molecule has 0 saturated carbocycles. The van der Waals surface area contributed by atoms with Crippen LogP contribution in [0.5, 0.6) is 0 Å². The van der Waals surface area contributed by atoms with E-state index < -0.39 is 28.6 Å². The summed E-state index contributed by atoms with van der Waals surface area (Å²) in [5, 5.41) is 0. The quantitative estimate of drug-likeness (QED) is 0.751. The van der Waals surface area contributed by atoms with E-state index in [2.05, 4.69) is 0 Å². The lowest BCUT2D eigenvalue weighted by Gasteiger charge is -2.11. The molecule has 0 amide bonds. The average Bonchev–Trinajstić information content (AvgIpc) is 2.11. The van der Waals surface area contributed by atoms with E-state index in [4.69, 9.17) is 0 Å². The van der Waals surface area contributed by atoms with Gasteiger partial charge >= 0.3 is 10.4 Å². The van der Waals surface area contributed by atoms with Crippen molar-refractivity contribution in [3.63, 3.8) is 0 Å². The predicted molar refractivity (Wildman–Crippen MR) is 47.9 cm³/mol. The van der Waals surface area contributed by atoms with Crippen LogP contribution in [0.3, 0.4) is 0 Å². The lowest BCUT2D eigenvalue weighted by molar-refractivity contribution is 0.416. The second kappa shape index (κ2) is 4.19. The zero-order chi connectivity index (χ0) is 11.6. The number of hydrogen-bond acceptors (Lipinski definition) is 2. The van der Waals surface area contributed by atoms with Gasteiger partial charge in [-0.15, -0.1) is 0 Å². The van der Waals surface area contributed by atoms with Gasteiger partial charge in [0.2, 0.25) is 0 Å². The van der Waals surface area contributed by atoms with Gasteiger partial charge in [-0.1, -0.05) is 16.0 Å². The van der Waals surface area contributed by atoms with Gasteiger partial charge in [-0.2, -0.15) is 12.7 Å². The number of nitrogens with zero attached hydrogens (tertiary/aromatic N) is 1. The smallest absolute Gasteiger partial charge is 0.204 e. The van der Waals surface area contributed by atoms with Crippen LogP contribution in [-0.2, 0) is 17.0 Å². The second-order valence-electron chi connectivity index (χ2n) is 2.91. The maximum absolute atomic E-state index is 13.0. The molecule has 7 heteroatoms. The predicted octanol–water partition coefficient (Wildman–Crippen LogP) is 1.61. The number of benzene rings is 1. The van der Waals surface area contributed by atoms with Gasteiger partial charge in [-0.05, 0) is 6.07 Å². The Morgan fingerprint density at radius 3 is 2.47 bits per heavy atom. The van der Waals surface area contributed by atoms with Crippen molar-refractivity contribution >= 4 is 10.4 Å². The molecule has 1 rings (SSSR count). The van der Waals surface area contributed by atoms with Gasteiger partial charge < -0.3 is 0 Å². The molecule has 0 heterocycles. The van der Waals surface area contributed by atoms with Crippen LogP contribution in [0.2, 0.25) is 0 Å². The Kier molecular flexibility index (Phi) is 3.35. The number of halogens is 3. The highest BCUT2D eigenvalue weighted by Crippen LogP contribution is 2.14. The van der Waals surface area contributed by atoms with E-state index in [1.54, 1.807) is 0 Å². The summed E-state index contributed by atoms with van der Waals surface area (Å²) in [6.45, 7) is -0.553. The Morgan fingerprint density at radius 1 is 1.33 bits per heavy atom. The fraction of sp³-hybridized carbons (Fsp3) is 0.250. The van der Waals surface area contributed by atoms with Gasteiger partial charge in [0.25, 0.3) is 0 Å². The highest BCUT2D eigenvalue weighted by atomic mass is 32.3. The van der Waals surface area contributed by atoms with Crippen LogP contribution in [-0.4, -0.2) is 19.8 Å². The molecule has 1 aromatic rings. The van der Waals surface area contributed by atoms with Gasteiger partial charge in [0.15, 0.2) is 11.6 Å². The van der Waals surface area contributed by atoms with Gasteiger partial charge in [-0.3, -0.25) is 0 Å². The molecule has 0 aromatic heterocycles. The maximum Gasteiger partial charge on any atom is 0.374 e. The summed E-state index contributed by atoms with van der Waals surface area (Å²) in [6, 6.07) is 3.29. The normalized spacial score (nSPS) is 12.1. The fourth-order valence-electron chi connectivity index (χ4n) is 0.988. The molecule has 0 bridgehead atoms. The van der Waals surface area contributed by atoms with Crippen molar-refractivity contribution in [2.75, 3.05) is 7.05 Å². The van der Waals surface area contributed by atoms with Gasteiger partial charge in [-0.25, -0.2) is 8.78 Å². The Morgan fingerprint density at radius 2 is 1.93 bits per heavy atom. The average molecular weight is 239 g/mol. The molecule has 84 valence electrons. The monoisotopic (exact) mass is 239 g/mol. The minimum atomic E-state index is -4.89. The Labute approximate surface area is 85.5 Å². The van der Waals surface area contributed by atoms with Crippen LogP contribution in [0.15, 0.2) is 18.2 Å². The first-order valence-electron chi connectivity index (χ1n) is 3.91. The molecule has 0 aliphatic carbocycles. The third-order valence-corrected chi connectivity index (χ3v) is 2.67. The number of hydrogen-bond donors (Lipinski definition) is 0. The van der Waals surface area contributed by atoms with Crippen LogP contribution < -0.4 is 0 Å². The zero-order valence-electron chi connectivity index (χ0n) is 7.75. The molecule has 0 aliphatic rings. The largest absolute Gasteiger partial charge is 0.374 e. The maximum atomic E-state index is 13.0. The van der Waals surface area contributed by atoms with Gasteiger partial charge in [0.1, 0.15) is 0 Å². The number of rotatable bonds is 3. The SMILES string of the molecule is CN(Cc1cccc(F)c1F)S(=O)(=O)F. The molecule has 0 atom stereocenters. The lowest BCUT2D eigenvalue weighted by atomic mass is 10.2. The van der Waals surface area contributed by atoms with Crippen LogP contribution in [0.4, 0.5) is 12.7 Å². The van der Waals surface area contributed by atoms with Crippen molar-refractivity contribution in [2.24, 2.45) is 0 Å². The molecule has 3 nitrogen and oxygen atoms in total. The van der Waals surface area contributed by atoms with E-state index in [1.807, 2.05) is 0 Å². The molecule has 0 radical (unpaired) electrons. The Hall–Kier alpha value is -1.08. The van der Waals surface area contributed by atoms with Crippen LogP contribution in [0.1, 0.15) is 5.56 Å². The fourth-order valence-corrected chi connectivity index (χ4v) is 1.28. The molecule has 0 saturated heterocycles. The third kappa shape index (κ3) is 2.93. The van der Waals surface area contributed by atoms with Crippen molar-refractivity contribution in [3.8, 4) is 0 Å². The summed E-state index contributed by atoms with van der Waals surface area (Å²) in [6.07, 6.45) is 0. The van der Waals surface area contributed by atoms with Crippen molar-refractivity contribution in [3.05, 3.63) is 35.4 Å². The topological polar surface area (TPSA) is 37.4 Å². The van der Waals surface area contributed by atoms with Gasteiger partial charge in [0.05, 0.1) is 0 Å². The lowest BCUT2D eigenvalue weighted by Crippen LogP contribution is -2.23. The molecule has 0 N–H and O–H groups in total. The molecule has 15 heavy (non-hydrogen) atoms. The highest BCUT2D eigenvalue weighted by molar-refractivity contribution is 7.83. The standard InChI is InChI=1S/C8H8F3NO2S/c1-12(15(11,13)14)5-6-3-2-4-7(9)8(6)10/h2-4H,5H2,1H3. The van der Waals surface area contributed by atoms with E-state index in [1.165, 1.54) is 12.1 Å². The van der Waals surface area contributed by atoms with Crippen molar-refractivity contribution in [1.82, 2.24) is 4.31 Å². The second-order valence-corrected chi connectivity index (χ2v) is 4.36. The molecule has 0 fully saturated rings. The summed E-state index contributed by atoms with van der Waals surface area (Å²) in [7, 11) is -3.96. The first-order chi connectivity index (χ1) is 6.82. The minimum absolute atomic E-state index is 0.223. The van der Waals surface area contributed by atoms with Crippen LogP contribution in [0.25, 0.3) is 0 Å². The highest BCUT2D eigenvalue weighted by Gasteiger charge is 2.18. The Bertz CT molecular complexity index is 461. The minimum Gasteiger partial charge on any atom is -0.204 e. The molecular weight excluding hydrogens is 231 g/mol. The van der Waals surface area contributed by atoms with E-state index in [0.29, 0.717) is 0 Å². The molecular formula is C8H8F3NO2S. The van der Waals surface area contributed by atoms with Crippen LogP contribution >= 0.6 is 0 Å². The molecule has 0 aliphatic heterocycles. The summed E-state index contributed by atoms with van der Waals surface area (Å²) in [5.41, 5.74) is -0.223. The third-order valence-electron chi connectivity index (χ3n) is 1.80. The Balaban J connectivity index is 2.96. The van der Waals surface area contributed by atoms with E-state index in [9.17, 15) is 21.1 Å². The summed E-state index contributed by atoms with van der Waals surface area (Å²) in [5.74, 6) is -2.27. The zero-order valence-corrected chi connectivity index (χ0v) is 8.56. The van der Waals surface area contributed by atoms with E-state index >= 15 is 0 Å². The van der Waals surface area contributed by atoms with E-state index in [-0.39, 0.29) is 9.87 Å². The van der Waals surface area contributed by atoms with Crippen LogP contribution in [0, 0.1) is 11.6 Å². The summed E-state index contributed by atoms with van der Waals surface area (Å²) in [4.78, 5) is 0. The first-order valence-corrected chi connectivity index (χ1v) is 5.25. The van der Waals surface area contributed by atoms with E-state index in [0.717, 1.165) is 13.1 Å². The van der Waals surface area contributed by atoms with Crippen molar-refractivity contribution in [1.29, 1.82) is 0 Å². The first kappa shape index (κ1) is 12.0. The molecule has 1 aromatic carbocycles. The summed E-state index contributed by atoms with van der Waals surface area (Å²) < 4.78 is 59.1. The van der Waals surface area contributed by atoms with Crippen molar-refractivity contribution in [2.45, 2.75) is 6.54 Å². The van der Waals surface area contributed by atoms with Crippen molar-refractivity contribution < 1.29 is 21.1 Å². The summed E-state index contributed by atoms with van der Waals surface area (Å²) >= 11 is 0.